The summed E-state index contributed by atoms with van der Waals surface area (Å²) in [7, 11) is 0. The first-order chi connectivity index (χ1) is 8.99. The zero-order chi connectivity index (χ0) is 13.9. The average Bonchev–Trinajstić information content (AvgIpc) is 2.38. The van der Waals surface area contributed by atoms with Gasteiger partial charge in [-0.05, 0) is 37.6 Å². The Hall–Kier alpha value is -1.27. The van der Waals surface area contributed by atoms with Crippen LogP contribution in [-0.2, 0) is 12.5 Å². The molecule has 1 aromatic heterocycles. The van der Waals surface area contributed by atoms with Crippen LogP contribution in [0.1, 0.15) is 31.0 Å². The minimum atomic E-state index is -2.99. The largest absolute Gasteiger partial charge is 0.474 e. The fraction of sp³-hybridized carbons (Fsp3) is 0.615. The summed E-state index contributed by atoms with van der Waals surface area (Å²) >= 11 is 0. The number of hydrogen-bond donors (Lipinski definition) is 2. The monoisotopic (exact) mass is 271 g/mol. The smallest absolute Gasteiger partial charge is 0.287 e. The standard InChI is InChI=1S/C13H19F2N3O/c1-13(14,15)11-6-9(8-16)7-12(18-11)19-10-2-4-17-5-3-10/h6-7,10,17H,2-5,8,16H2,1H3. The minimum Gasteiger partial charge on any atom is -0.474 e. The van der Waals surface area contributed by atoms with Crippen molar-refractivity contribution >= 4 is 0 Å². The SMILES string of the molecule is CC(F)(F)c1cc(CN)cc(OC2CCNCC2)n1. The van der Waals surface area contributed by atoms with Crippen LogP contribution in [0.5, 0.6) is 5.88 Å². The molecule has 0 amide bonds. The van der Waals surface area contributed by atoms with Crippen molar-refractivity contribution in [1.29, 1.82) is 0 Å². The van der Waals surface area contributed by atoms with Crippen molar-refractivity contribution in [1.82, 2.24) is 10.3 Å². The van der Waals surface area contributed by atoms with Gasteiger partial charge in [-0.3, -0.25) is 0 Å². The predicted molar refractivity (Wildman–Crippen MR) is 68.2 cm³/mol. The van der Waals surface area contributed by atoms with Gasteiger partial charge in [0.1, 0.15) is 11.8 Å². The highest BCUT2D eigenvalue weighted by Crippen LogP contribution is 2.28. The molecule has 0 aliphatic carbocycles. The van der Waals surface area contributed by atoms with E-state index in [2.05, 4.69) is 10.3 Å². The summed E-state index contributed by atoms with van der Waals surface area (Å²) in [6.45, 7) is 2.76. The summed E-state index contributed by atoms with van der Waals surface area (Å²) in [4.78, 5) is 3.90. The van der Waals surface area contributed by atoms with Crippen molar-refractivity contribution in [2.75, 3.05) is 13.1 Å². The average molecular weight is 271 g/mol. The van der Waals surface area contributed by atoms with Crippen LogP contribution in [0.4, 0.5) is 8.78 Å². The third-order valence-electron chi connectivity index (χ3n) is 3.12. The number of rotatable bonds is 4. The lowest BCUT2D eigenvalue weighted by Crippen LogP contribution is -2.34. The molecule has 3 N–H and O–H groups in total. The Morgan fingerprint density at radius 2 is 2.11 bits per heavy atom. The second kappa shape index (κ2) is 5.79. The first-order valence-corrected chi connectivity index (χ1v) is 6.46. The molecule has 1 fully saturated rings. The zero-order valence-corrected chi connectivity index (χ0v) is 11.0. The van der Waals surface area contributed by atoms with Gasteiger partial charge in [0, 0.05) is 19.5 Å². The van der Waals surface area contributed by atoms with Crippen LogP contribution in [0, 0.1) is 0 Å². The van der Waals surface area contributed by atoms with Gasteiger partial charge in [-0.25, -0.2) is 4.98 Å². The Balaban J connectivity index is 2.19. The van der Waals surface area contributed by atoms with Crippen molar-refractivity contribution in [2.24, 2.45) is 5.73 Å². The Morgan fingerprint density at radius 3 is 2.68 bits per heavy atom. The Labute approximate surface area is 111 Å². The van der Waals surface area contributed by atoms with Gasteiger partial charge in [-0.2, -0.15) is 8.78 Å². The van der Waals surface area contributed by atoms with Gasteiger partial charge in [0.25, 0.3) is 5.92 Å². The number of pyridine rings is 1. The molecule has 1 aliphatic rings. The molecule has 1 saturated heterocycles. The fourth-order valence-corrected chi connectivity index (χ4v) is 2.05. The highest BCUT2D eigenvalue weighted by molar-refractivity contribution is 5.27. The zero-order valence-electron chi connectivity index (χ0n) is 11.0. The van der Waals surface area contributed by atoms with Gasteiger partial charge < -0.3 is 15.8 Å². The van der Waals surface area contributed by atoms with Gasteiger partial charge in [0.15, 0.2) is 0 Å². The molecule has 19 heavy (non-hydrogen) atoms. The summed E-state index contributed by atoms with van der Waals surface area (Å²) < 4.78 is 32.4. The summed E-state index contributed by atoms with van der Waals surface area (Å²) in [5, 5.41) is 3.22. The van der Waals surface area contributed by atoms with Crippen molar-refractivity contribution < 1.29 is 13.5 Å². The maximum Gasteiger partial charge on any atom is 0.287 e. The van der Waals surface area contributed by atoms with E-state index in [1.165, 1.54) is 6.07 Å². The molecule has 1 aliphatic heterocycles. The molecule has 0 bridgehead atoms. The van der Waals surface area contributed by atoms with Crippen molar-refractivity contribution in [3.63, 3.8) is 0 Å². The third-order valence-corrected chi connectivity index (χ3v) is 3.12. The van der Waals surface area contributed by atoms with Gasteiger partial charge in [-0.1, -0.05) is 0 Å². The number of aromatic nitrogens is 1. The first-order valence-electron chi connectivity index (χ1n) is 6.46. The first kappa shape index (κ1) is 14.1. The summed E-state index contributed by atoms with van der Waals surface area (Å²) in [5.41, 5.74) is 5.84. The highest BCUT2D eigenvalue weighted by Gasteiger charge is 2.27. The molecule has 4 nitrogen and oxygen atoms in total. The number of halogens is 2. The number of hydrogen-bond acceptors (Lipinski definition) is 4. The van der Waals surface area contributed by atoms with Crippen molar-refractivity contribution in [2.45, 2.75) is 38.3 Å². The number of piperidine rings is 1. The molecule has 2 heterocycles. The molecule has 0 atom stereocenters. The molecule has 0 spiro atoms. The molecular formula is C13H19F2N3O. The Bertz CT molecular complexity index is 428. The van der Waals surface area contributed by atoms with E-state index in [9.17, 15) is 8.78 Å². The van der Waals surface area contributed by atoms with Crippen LogP contribution in [0.25, 0.3) is 0 Å². The Morgan fingerprint density at radius 1 is 1.42 bits per heavy atom. The molecule has 2 rings (SSSR count). The maximum atomic E-state index is 13.4. The number of alkyl halides is 2. The molecule has 0 radical (unpaired) electrons. The molecule has 1 aromatic rings. The van der Waals surface area contributed by atoms with Crippen molar-refractivity contribution in [3.8, 4) is 5.88 Å². The van der Waals surface area contributed by atoms with E-state index >= 15 is 0 Å². The van der Waals surface area contributed by atoms with Crippen LogP contribution in [0.15, 0.2) is 12.1 Å². The van der Waals surface area contributed by atoms with Crippen LogP contribution < -0.4 is 15.8 Å². The molecule has 0 unspecified atom stereocenters. The molecule has 6 heteroatoms. The Kier molecular flexibility index (Phi) is 4.31. The van der Waals surface area contributed by atoms with E-state index in [0.29, 0.717) is 5.56 Å². The van der Waals surface area contributed by atoms with E-state index < -0.39 is 5.92 Å². The topological polar surface area (TPSA) is 60.2 Å². The van der Waals surface area contributed by atoms with Crippen LogP contribution >= 0.6 is 0 Å². The lowest BCUT2D eigenvalue weighted by Gasteiger charge is -2.24. The third kappa shape index (κ3) is 3.84. The normalized spacial score (nSPS) is 17.5. The number of nitrogens with zero attached hydrogens (tertiary/aromatic N) is 1. The second-order valence-electron chi connectivity index (χ2n) is 4.86. The van der Waals surface area contributed by atoms with Gasteiger partial charge in [0.2, 0.25) is 5.88 Å². The van der Waals surface area contributed by atoms with Gasteiger partial charge in [-0.15, -0.1) is 0 Å². The summed E-state index contributed by atoms with van der Waals surface area (Å²) in [6.07, 6.45) is 1.73. The van der Waals surface area contributed by atoms with Gasteiger partial charge in [0.05, 0.1) is 0 Å². The van der Waals surface area contributed by atoms with E-state index in [1.54, 1.807) is 6.07 Å². The van der Waals surface area contributed by atoms with E-state index in [1.807, 2.05) is 0 Å². The molecule has 0 saturated carbocycles. The number of nitrogens with one attached hydrogen (secondary N) is 1. The number of nitrogens with two attached hydrogens (primary N) is 1. The molecule has 0 aromatic carbocycles. The van der Waals surface area contributed by atoms with Crippen LogP contribution in [-0.4, -0.2) is 24.2 Å². The quantitative estimate of drug-likeness (QED) is 0.876. The number of ether oxygens (including phenoxy) is 1. The minimum absolute atomic E-state index is 0.0279. The summed E-state index contributed by atoms with van der Waals surface area (Å²) in [6, 6.07) is 2.96. The highest BCUT2D eigenvalue weighted by atomic mass is 19.3. The van der Waals surface area contributed by atoms with E-state index in [4.69, 9.17) is 10.5 Å². The maximum absolute atomic E-state index is 13.4. The summed E-state index contributed by atoms with van der Waals surface area (Å²) in [5.74, 6) is -2.75. The van der Waals surface area contributed by atoms with E-state index in [0.717, 1.165) is 32.9 Å². The fourth-order valence-electron chi connectivity index (χ4n) is 2.05. The van der Waals surface area contributed by atoms with Gasteiger partial charge >= 0.3 is 0 Å². The second-order valence-corrected chi connectivity index (χ2v) is 4.86. The van der Waals surface area contributed by atoms with Crippen LogP contribution in [0.2, 0.25) is 0 Å². The molecule has 106 valence electrons. The van der Waals surface area contributed by atoms with Crippen LogP contribution in [0.3, 0.4) is 0 Å². The lowest BCUT2D eigenvalue weighted by atomic mass is 10.1. The molecular weight excluding hydrogens is 252 g/mol. The predicted octanol–water partition coefficient (Wildman–Crippen LogP) is 1.78. The van der Waals surface area contributed by atoms with Crippen molar-refractivity contribution in [3.05, 3.63) is 23.4 Å². The van der Waals surface area contributed by atoms with E-state index in [-0.39, 0.29) is 24.2 Å². The lowest BCUT2D eigenvalue weighted by molar-refractivity contribution is 0.0115.